The highest BCUT2D eigenvalue weighted by molar-refractivity contribution is 5.67. The van der Waals surface area contributed by atoms with Crippen molar-refractivity contribution in [3.63, 3.8) is 0 Å². The summed E-state index contributed by atoms with van der Waals surface area (Å²) in [7, 11) is 0. The van der Waals surface area contributed by atoms with Crippen molar-refractivity contribution in [1.82, 2.24) is 0 Å². The second kappa shape index (κ2) is 16.8. The quantitative estimate of drug-likeness (QED) is 0.225. The third-order valence-corrected chi connectivity index (χ3v) is 6.43. The van der Waals surface area contributed by atoms with E-state index < -0.39 is 5.97 Å². The van der Waals surface area contributed by atoms with Crippen molar-refractivity contribution in [1.29, 1.82) is 5.26 Å². The maximum Gasteiger partial charge on any atom is 0.303 e. The highest BCUT2D eigenvalue weighted by Gasteiger charge is 2.27. The third kappa shape index (κ3) is 14.0. The van der Waals surface area contributed by atoms with Gasteiger partial charge in [-0.3, -0.25) is 4.79 Å². The number of hydrogen-bond donors (Lipinski definition) is 1. The Morgan fingerprint density at radius 3 is 1.71 bits per heavy atom. The summed E-state index contributed by atoms with van der Waals surface area (Å²) < 4.78 is 0. The minimum atomic E-state index is -0.721. The van der Waals surface area contributed by atoms with Crippen molar-refractivity contribution >= 4 is 5.97 Å². The number of rotatable bonds is 19. The minimum Gasteiger partial charge on any atom is -0.481 e. The average Bonchev–Trinajstić information content (AvgIpc) is 2.74. The van der Waals surface area contributed by atoms with Gasteiger partial charge in [0.1, 0.15) is 0 Å². The van der Waals surface area contributed by atoms with Crippen LogP contribution in [0.4, 0.5) is 0 Å². The summed E-state index contributed by atoms with van der Waals surface area (Å²) >= 11 is 0. The Morgan fingerprint density at radius 1 is 0.839 bits per heavy atom. The van der Waals surface area contributed by atoms with Gasteiger partial charge in [0, 0.05) is 0 Å². The molecule has 0 spiro atoms. The Hall–Kier alpha value is -1.82. The average molecular weight is 428 g/mol. The number of carboxylic acid groups (broad SMARTS) is 1. The molecule has 0 fully saturated rings. The van der Waals surface area contributed by atoms with E-state index in [2.05, 4.69) is 19.9 Å². The second-order valence-corrected chi connectivity index (χ2v) is 9.71. The molecule has 0 aliphatic rings. The molecule has 0 bridgehead atoms. The lowest BCUT2D eigenvalue weighted by Gasteiger charge is -2.28. The molecule has 0 aromatic heterocycles. The molecule has 0 saturated heterocycles. The molecule has 0 heterocycles. The fraction of sp³-hybridized carbons (Fsp3) is 0.714. The Kier molecular flexibility index (Phi) is 14.8. The van der Waals surface area contributed by atoms with E-state index in [0.29, 0.717) is 5.56 Å². The van der Waals surface area contributed by atoms with Crippen molar-refractivity contribution in [2.45, 2.75) is 123 Å². The van der Waals surface area contributed by atoms with Gasteiger partial charge in [0.15, 0.2) is 0 Å². The van der Waals surface area contributed by atoms with Gasteiger partial charge < -0.3 is 5.11 Å². The first-order chi connectivity index (χ1) is 15.0. The largest absolute Gasteiger partial charge is 0.481 e. The topological polar surface area (TPSA) is 61.1 Å². The van der Waals surface area contributed by atoms with Gasteiger partial charge in [-0.15, -0.1) is 0 Å². The van der Waals surface area contributed by atoms with Crippen LogP contribution in [0.2, 0.25) is 0 Å². The van der Waals surface area contributed by atoms with Crippen LogP contribution >= 0.6 is 0 Å². The SMILES string of the molecule is CCCCCCCCCCCCCCCCC(C)(CC(=O)O)Cc1ccc(C#N)cc1. The molecule has 0 saturated carbocycles. The van der Waals surface area contributed by atoms with Crippen LogP contribution in [0, 0.1) is 16.7 Å². The molecule has 0 radical (unpaired) electrons. The minimum absolute atomic E-state index is 0.200. The summed E-state index contributed by atoms with van der Waals surface area (Å²) in [6.07, 6.45) is 20.6. The van der Waals surface area contributed by atoms with Gasteiger partial charge in [-0.1, -0.05) is 116 Å². The summed E-state index contributed by atoms with van der Waals surface area (Å²) in [6, 6.07) is 9.71. The van der Waals surface area contributed by atoms with E-state index in [9.17, 15) is 9.90 Å². The second-order valence-electron chi connectivity index (χ2n) is 9.71. The number of carboxylic acids is 1. The van der Waals surface area contributed by atoms with E-state index >= 15 is 0 Å². The monoisotopic (exact) mass is 427 g/mol. The predicted molar refractivity (Wildman–Crippen MR) is 130 cm³/mol. The van der Waals surface area contributed by atoms with Gasteiger partial charge in [-0.2, -0.15) is 5.26 Å². The van der Waals surface area contributed by atoms with Crippen LogP contribution in [-0.2, 0) is 11.2 Å². The van der Waals surface area contributed by atoms with E-state index in [4.69, 9.17) is 5.26 Å². The Bertz CT molecular complexity index is 631. The maximum absolute atomic E-state index is 11.4. The van der Waals surface area contributed by atoms with E-state index in [1.54, 1.807) is 0 Å². The molecule has 0 amide bonds. The number of benzene rings is 1. The van der Waals surface area contributed by atoms with Gasteiger partial charge in [-0.25, -0.2) is 0 Å². The number of nitrogens with zero attached hydrogens (tertiary/aromatic N) is 1. The van der Waals surface area contributed by atoms with Crippen LogP contribution in [0.3, 0.4) is 0 Å². The zero-order chi connectivity index (χ0) is 22.8. The van der Waals surface area contributed by atoms with Crippen molar-refractivity contribution in [2.24, 2.45) is 5.41 Å². The molecule has 174 valence electrons. The van der Waals surface area contributed by atoms with Gasteiger partial charge >= 0.3 is 5.97 Å². The first kappa shape index (κ1) is 27.2. The van der Waals surface area contributed by atoms with Gasteiger partial charge in [0.05, 0.1) is 18.1 Å². The zero-order valence-electron chi connectivity index (χ0n) is 20.1. The third-order valence-electron chi connectivity index (χ3n) is 6.43. The van der Waals surface area contributed by atoms with Crippen molar-refractivity contribution in [3.8, 4) is 6.07 Å². The molecule has 0 aliphatic carbocycles. The normalized spacial score (nSPS) is 12.9. The van der Waals surface area contributed by atoms with E-state index in [0.717, 1.165) is 24.8 Å². The predicted octanol–water partition coefficient (Wildman–Crippen LogP) is 8.45. The smallest absolute Gasteiger partial charge is 0.303 e. The van der Waals surface area contributed by atoms with Crippen LogP contribution < -0.4 is 0 Å². The molecule has 3 nitrogen and oxygen atoms in total. The van der Waals surface area contributed by atoms with Crippen LogP contribution in [0.5, 0.6) is 0 Å². The Balaban J connectivity index is 2.16. The number of aliphatic carboxylic acids is 1. The van der Waals surface area contributed by atoms with Crippen molar-refractivity contribution in [2.75, 3.05) is 0 Å². The fourth-order valence-electron chi connectivity index (χ4n) is 4.54. The molecule has 1 aromatic carbocycles. The molecule has 0 aliphatic heterocycles. The molecule has 1 aromatic rings. The highest BCUT2D eigenvalue weighted by atomic mass is 16.4. The summed E-state index contributed by atoms with van der Waals surface area (Å²) in [6.45, 7) is 4.37. The molecule has 1 unspecified atom stereocenters. The van der Waals surface area contributed by atoms with Crippen molar-refractivity contribution < 1.29 is 9.90 Å². The fourth-order valence-corrected chi connectivity index (χ4v) is 4.54. The molecule has 1 N–H and O–H groups in total. The van der Waals surface area contributed by atoms with Crippen LogP contribution in [0.15, 0.2) is 24.3 Å². The molecule has 1 atom stereocenters. The standard InChI is InChI=1S/C28H45NO2/c1-3-4-5-6-7-8-9-10-11-12-13-14-15-16-21-28(2,23-27(30)31)22-25-17-19-26(24-29)20-18-25/h17-20H,3-16,21-23H2,1-2H3,(H,30,31). The van der Waals surface area contributed by atoms with Gasteiger partial charge in [-0.05, 0) is 36.0 Å². The summed E-state index contributed by atoms with van der Waals surface area (Å²) in [4.78, 5) is 11.4. The van der Waals surface area contributed by atoms with Crippen LogP contribution in [-0.4, -0.2) is 11.1 Å². The van der Waals surface area contributed by atoms with Crippen molar-refractivity contribution in [3.05, 3.63) is 35.4 Å². The van der Waals surface area contributed by atoms with Crippen LogP contribution in [0.1, 0.15) is 128 Å². The lowest BCUT2D eigenvalue weighted by atomic mass is 9.76. The van der Waals surface area contributed by atoms with E-state index in [1.165, 1.54) is 83.5 Å². The first-order valence-electron chi connectivity index (χ1n) is 12.7. The highest BCUT2D eigenvalue weighted by Crippen LogP contribution is 2.33. The van der Waals surface area contributed by atoms with E-state index in [-0.39, 0.29) is 11.8 Å². The summed E-state index contributed by atoms with van der Waals surface area (Å²) in [5.74, 6) is -0.721. The maximum atomic E-state index is 11.4. The molecule has 3 heteroatoms. The molecular weight excluding hydrogens is 382 g/mol. The van der Waals surface area contributed by atoms with Gasteiger partial charge in [0.2, 0.25) is 0 Å². The lowest BCUT2D eigenvalue weighted by Crippen LogP contribution is -2.23. The van der Waals surface area contributed by atoms with E-state index in [1.807, 2.05) is 24.3 Å². The first-order valence-corrected chi connectivity index (χ1v) is 12.7. The molecule has 1 rings (SSSR count). The Morgan fingerprint density at radius 2 is 1.29 bits per heavy atom. The Labute approximate surface area is 191 Å². The molecular formula is C28H45NO2. The number of nitriles is 1. The van der Waals surface area contributed by atoms with Gasteiger partial charge in [0.25, 0.3) is 0 Å². The lowest BCUT2D eigenvalue weighted by molar-refractivity contribution is -0.139. The number of hydrogen-bond acceptors (Lipinski definition) is 2. The number of carbonyl (C=O) groups is 1. The molecule has 31 heavy (non-hydrogen) atoms. The summed E-state index contributed by atoms with van der Waals surface area (Å²) in [5, 5.41) is 18.3. The van der Waals surface area contributed by atoms with Crippen LogP contribution in [0.25, 0.3) is 0 Å². The zero-order valence-corrected chi connectivity index (χ0v) is 20.1. The summed E-state index contributed by atoms with van der Waals surface area (Å²) in [5.41, 5.74) is 1.54. The number of unbranched alkanes of at least 4 members (excludes halogenated alkanes) is 13.